The third kappa shape index (κ3) is 3.99. The summed E-state index contributed by atoms with van der Waals surface area (Å²) in [5, 5.41) is 15.4. The lowest BCUT2D eigenvalue weighted by molar-refractivity contribution is -0.384. The zero-order valence-electron chi connectivity index (χ0n) is 14.6. The van der Waals surface area contributed by atoms with Crippen molar-refractivity contribution in [1.82, 2.24) is 4.98 Å². The van der Waals surface area contributed by atoms with Crippen LogP contribution in [-0.2, 0) is 0 Å². The highest BCUT2D eigenvalue weighted by Crippen LogP contribution is 2.41. The van der Waals surface area contributed by atoms with E-state index in [1.165, 1.54) is 23.5 Å². The molecule has 0 amide bonds. The maximum absolute atomic E-state index is 11.0. The van der Waals surface area contributed by atoms with Crippen molar-refractivity contribution in [2.24, 2.45) is 0 Å². The third-order valence-electron chi connectivity index (χ3n) is 3.91. The number of rotatable bonds is 6. The van der Waals surface area contributed by atoms with Crippen molar-refractivity contribution in [3.05, 3.63) is 95.0 Å². The second-order valence-corrected chi connectivity index (χ2v) is 6.83. The quantitative estimate of drug-likeness (QED) is 0.311. The monoisotopic (exact) mass is 389 g/mol. The second-order valence-electron chi connectivity index (χ2n) is 5.87. The molecule has 28 heavy (non-hydrogen) atoms. The Hall–Kier alpha value is -3.71. The Kier molecular flexibility index (Phi) is 4.99. The average Bonchev–Trinajstić information content (AvgIpc) is 3.11. The predicted octanol–water partition coefficient (Wildman–Crippen LogP) is 6.25. The molecule has 0 aliphatic rings. The summed E-state index contributed by atoms with van der Waals surface area (Å²) in [5.41, 5.74) is 2.25. The number of non-ortho nitro benzene ring substituents is 1. The molecule has 1 aromatic heterocycles. The van der Waals surface area contributed by atoms with Gasteiger partial charge in [0.2, 0.25) is 5.06 Å². The summed E-state index contributed by atoms with van der Waals surface area (Å²) < 4.78 is 6.05. The predicted molar refractivity (Wildman–Crippen MR) is 110 cm³/mol. The molecular weight excluding hydrogens is 374 g/mol. The Morgan fingerprint density at radius 1 is 0.929 bits per heavy atom. The van der Waals surface area contributed by atoms with E-state index >= 15 is 0 Å². The van der Waals surface area contributed by atoms with E-state index in [9.17, 15) is 10.1 Å². The van der Waals surface area contributed by atoms with E-state index in [1.807, 2.05) is 60.7 Å². The number of hydrogen-bond acceptors (Lipinski definition) is 6. The minimum absolute atomic E-state index is 0.0191. The topological polar surface area (TPSA) is 77.3 Å². The largest absolute Gasteiger partial charge is 0.444 e. The van der Waals surface area contributed by atoms with Crippen molar-refractivity contribution in [2.75, 3.05) is 5.32 Å². The number of nitro benzene ring substituents is 1. The van der Waals surface area contributed by atoms with Gasteiger partial charge in [-0.2, -0.15) is 0 Å². The molecule has 0 fully saturated rings. The number of anilines is 2. The molecule has 0 aliphatic carbocycles. The molecule has 4 rings (SSSR count). The number of nitrogens with zero attached hydrogens (tertiary/aromatic N) is 2. The fourth-order valence-electron chi connectivity index (χ4n) is 2.62. The lowest BCUT2D eigenvalue weighted by Gasteiger charge is -2.04. The van der Waals surface area contributed by atoms with Crippen molar-refractivity contribution >= 4 is 27.8 Å². The van der Waals surface area contributed by atoms with Crippen LogP contribution in [0.4, 0.5) is 16.5 Å². The van der Waals surface area contributed by atoms with Gasteiger partial charge in [-0.25, -0.2) is 4.98 Å². The van der Waals surface area contributed by atoms with Crippen LogP contribution in [-0.4, -0.2) is 9.91 Å². The number of nitrogens with one attached hydrogen (secondary N) is 1. The van der Waals surface area contributed by atoms with Crippen LogP contribution in [0.5, 0.6) is 10.8 Å². The third-order valence-corrected chi connectivity index (χ3v) is 4.75. The molecule has 6 nitrogen and oxygen atoms in total. The van der Waals surface area contributed by atoms with Gasteiger partial charge in [-0.3, -0.25) is 10.1 Å². The van der Waals surface area contributed by atoms with E-state index in [0.717, 1.165) is 5.56 Å². The van der Waals surface area contributed by atoms with Crippen molar-refractivity contribution in [3.63, 3.8) is 0 Å². The van der Waals surface area contributed by atoms with E-state index in [1.54, 1.807) is 12.1 Å². The highest BCUT2D eigenvalue weighted by molar-refractivity contribution is 7.18. The molecule has 0 saturated heterocycles. The summed E-state index contributed by atoms with van der Waals surface area (Å²) in [6, 6.07) is 25.5. The highest BCUT2D eigenvalue weighted by Gasteiger charge is 2.16. The van der Waals surface area contributed by atoms with Crippen LogP contribution in [0.1, 0.15) is 0 Å². The van der Waals surface area contributed by atoms with Gasteiger partial charge >= 0.3 is 0 Å². The molecule has 0 saturated carbocycles. The van der Waals surface area contributed by atoms with Crippen LogP contribution in [0.2, 0.25) is 0 Å². The SMILES string of the molecule is O=[N+]([O-])c1cccc(Nc2nc(-c3ccccc3)c(Oc3ccccc3)s2)c1. The van der Waals surface area contributed by atoms with Crippen LogP contribution in [0.15, 0.2) is 84.9 Å². The van der Waals surface area contributed by atoms with Gasteiger partial charge in [0.15, 0.2) is 5.13 Å². The molecule has 0 bridgehead atoms. The van der Waals surface area contributed by atoms with Crippen LogP contribution in [0.3, 0.4) is 0 Å². The molecule has 0 unspecified atom stereocenters. The van der Waals surface area contributed by atoms with Crippen LogP contribution in [0, 0.1) is 10.1 Å². The van der Waals surface area contributed by atoms with E-state index in [4.69, 9.17) is 4.74 Å². The molecule has 0 aliphatic heterocycles. The van der Waals surface area contributed by atoms with Crippen molar-refractivity contribution in [1.29, 1.82) is 0 Å². The number of thiazole rings is 1. The first-order valence-corrected chi connectivity index (χ1v) is 9.31. The minimum atomic E-state index is -0.424. The highest BCUT2D eigenvalue weighted by atomic mass is 32.1. The average molecular weight is 389 g/mol. The smallest absolute Gasteiger partial charge is 0.271 e. The van der Waals surface area contributed by atoms with Crippen LogP contribution < -0.4 is 10.1 Å². The molecule has 4 aromatic rings. The molecule has 1 N–H and O–H groups in total. The first-order valence-electron chi connectivity index (χ1n) is 8.50. The van der Waals surface area contributed by atoms with Gasteiger partial charge in [-0.05, 0) is 18.2 Å². The number of ether oxygens (including phenoxy) is 1. The van der Waals surface area contributed by atoms with Gasteiger partial charge in [0.25, 0.3) is 5.69 Å². The maximum atomic E-state index is 11.0. The van der Waals surface area contributed by atoms with Gasteiger partial charge in [0, 0.05) is 23.4 Å². The number of benzene rings is 3. The van der Waals surface area contributed by atoms with E-state index in [-0.39, 0.29) is 5.69 Å². The Bertz CT molecular complexity index is 1100. The lowest BCUT2D eigenvalue weighted by Crippen LogP contribution is -1.92. The molecular formula is C21H15N3O3S. The Balaban J connectivity index is 1.69. The van der Waals surface area contributed by atoms with E-state index in [0.29, 0.717) is 27.3 Å². The zero-order chi connectivity index (χ0) is 19.3. The zero-order valence-corrected chi connectivity index (χ0v) is 15.4. The van der Waals surface area contributed by atoms with Crippen molar-refractivity contribution in [2.45, 2.75) is 0 Å². The molecule has 0 spiro atoms. The summed E-state index contributed by atoms with van der Waals surface area (Å²) >= 11 is 1.34. The van der Waals surface area contributed by atoms with E-state index in [2.05, 4.69) is 10.3 Å². The molecule has 0 atom stereocenters. The summed E-state index contributed by atoms with van der Waals surface area (Å²) in [6.45, 7) is 0. The summed E-state index contributed by atoms with van der Waals surface area (Å²) in [7, 11) is 0. The number of nitro groups is 1. The Morgan fingerprint density at radius 2 is 1.64 bits per heavy atom. The van der Waals surface area contributed by atoms with Gasteiger partial charge in [0.1, 0.15) is 11.4 Å². The lowest BCUT2D eigenvalue weighted by atomic mass is 10.2. The summed E-state index contributed by atoms with van der Waals surface area (Å²) in [4.78, 5) is 15.2. The first-order chi connectivity index (χ1) is 13.7. The van der Waals surface area contributed by atoms with Gasteiger partial charge in [-0.1, -0.05) is 65.9 Å². The molecule has 3 aromatic carbocycles. The number of para-hydroxylation sites is 1. The molecule has 138 valence electrons. The fraction of sp³-hybridized carbons (Fsp3) is 0. The molecule has 7 heteroatoms. The van der Waals surface area contributed by atoms with Crippen molar-refractivity contribution < 1.29 is 9.66 Å². The number of hydrogen-bond donors (Lipinski definition) is 1. The standard InChI is InChI=1S/C21H15N3O3S/c25-24(26)17-11-7-10-16(14-17)22-21-23-19(15-8-3-1-4-9-15)20(28-21)27-18-12-5-2-6-13-18/h1-14H,(H,22,23). The Labute approximate surface area is 165 Å². The molecule has 1 heterocycles. The van der Waals surface area contributed by atoms with Crippen LogP contribution >= 0.6 is 11.3 Å². The van der Waals surface area contributed by atoms with Gasteiger partial charge in [-0.15, -0.1) is 0 Å². The number of aromatic nitrogens is 1. The van der Waals surface area contributed by atoms with Crippen molar-refractivity contribution in [3.8, 4) is 22.1 Å². The minimum Gasteiger partial charge on any atom is -0.444 e. The fourth-order valence-corrected chi connectivity index (χ4v) is 3.50. The normalized spacial score (nSPS) is 10.4. The van der Waals surface area contributed by atoms with E-state index < -0.39 is 4.92 Å². The van der Waals surface area contributed by atoms with Crippen LogP contribution in [0.25, 0.3) is 11.3 Å². The van der Waals surface area contributed by atoms with Gasteiger partial charge < -0.3 is 10.1 Å². The maximum Gasteiger partial charge on any atom is 0.271 e. The molecule has 0 radical (unpaired) electrons. The Morgan fingerprint density at radius 3 is 2.36 bits per heavy atom. The first kappa shape index (κ1) is 17.7. The second kappa shape index (κ2) is 7.89. The van der Waals surface area contributed by atoms with Gasteiger partial charge in [0.05, 0.1) is 4.92 Å². The summed E-state index contributed by atoms with van der Waals surface area (Å²) in [5.74, 6) is 0.713. The summed E-state index contributed by atoms with van der Waals surface area (Å²) in [6.07, 6.45) is 0.